The molecule has 0 amide bonds. The van der Waals surface area contributed by atoms with Crippen LogP contribution in [0.25, 0.3) is 0 Å². The van der Waals surface area contributed by atoms with Crippen LogP contribution < -0.4 is 15.2 Å². The van der Waals surface area contributed by atoms with Gasteiger partial charge in [0, 0.05) is 10.6 Å². The van der Waals surface area contributed by atoms with E-state index in [9.17, 15) is 0 Å². The van der Waals surface area contributed by atoms with Gasteiger partial charge in [-0.15, -0.1) is 11.8 Å². The summed E-state index contributed by atoms with van der Waals surface area (Å²) in [6.45, 7) is 0. The monoisotopic (exact) mass is 302 g/mol. The molecule has 2 aromatic carbocycles. The second-order valence-corrected chi connectivity index (χ2v) is 5.46. The molecule has 110 valence electrons. The number of nitrogen functional groups attached to an aromatic ring is 1. The molecule has 3 N–H and O–H groups in total. The fourth-order valence-electron chi connectivity index (χ4n) is 1.89. The lowest BCUT2D eigenvalue weighted by atomic mass is 10.1. The van der Waals surface area contributed by atoms with E-state index in [0.717, 1.165) is 22.0 Å². The van der Waals surface area contributed by atoms with E-state index in [2.05, 4.69) is 0 Å². The zero-order chi connectivity index (χ0) is 15.2. The van der Waals surface area contributed by atoms with E-state index in [1.807, 2.05) is 42.5 Å². The first kappa shape index (κ1) is 15.3. The maximum atomic E-state index is 7.59. The first-order valence-electron chi connectivity index (χ1n) is 6.42. The minimum atomic E-state index is 0.0168. The summed E-state index contributed by atoms with van der Waals surface area (Å²) >= 11 is 1.72. The SMILES string of the molecule is COc1ccc(SCc2ccc(OC)c(C(=N)N)c2)cc1. The highest BCUT2D eigenvalue weighted by molar-refractivity contribution is 7.98. The van der Waals surface area contributed by atoms with Gasteiger partial charge in [-0.3, -0.25) is 5.41 Å². The minimum absolute atomic E-state index is 0.0168. The molecule has 0 bridgehead atoms. The third kappa shape index (κ3) is 3.92. The average Bonchev–Trinajstić information content (AvgIpc) is 2.53. The van der Waals surface area contributed by atoms with Crippen molar-refractivity contribution >= 4 is 17.6 Å². The Balaban J connectivity index is 2.08. The van der Waals surface area contributed by atoms with Gasteiger partial charge in [-0.05, 0) is 42.0 Å². The van der Waals surface area contributed by atoms with E-state index in [4.69, 9.17) is 20.6 Å². The summed E-state index contributed by atoms with van der Waals surface area (Å²) in [5, 5.41) is 7.59. The molecule has 0 aliphatic rings. The van der Waals surface area contributed by atoms with Crippen LogP contribution in [-0.2, 0) is 5.75 Å². The summed E-state index contributed by atoms with van der Waals surface area (Å²) in [5.41, 5.74) is 7.31. The number of methoxy groups -OCH3 is 2. The van der Waals surface area contributed by atoms with E-state index in [-0.39, 0.29) is 5.84 Å². The van der Waals surface area contributed by atoms with Crippen molar-refractivity contribution in [1.82, 2.24) is 0 Å². The molecular formula is C16H18N2O2S. The van der Waals surface area contributed by atoms with Crippen LogP contribution in [0.5, 0.6) is 11.5 Å². The zero-order valence-electron chi connectivity index (χ0n) is 12.1. The van der Waals surface area contributed by atoms with Crippen LogP contribution >= 0.6 is 11.8 Å². The summed E-state index contributed by atoms with van der Waals surface area (Å²) in [4.78, 5) is 1.16. The van der Waals surface area contributed by atoms with Crippen LogP contribution in [0.4, 0.5) is 0 Å². The van der Waals surface area contributed by atoms with Crippen LogP contribution in [0.15, 0.2) is 47.4 Å². The Morgan fingerprint density at radius 3 is 2.38 bits per heavy atom. The molecule has 0 aliphatic carbocycles. The minimum Gasteiger partial charge on any atom is -0.497 e. The van der Waals surface area contributed by atoms with Crippen LogP contribution in [0.1, 0.15) is 11.1 Å². The van der Waals surface area contributed by atoms with Gasteiger partial charge < -0.3 is 15.2 Å². The molecule has 21 heavy (non-hydrogen) atoms. The van der Waals surface area contributed by atoms with Gasteiger partial charge in [0.15, 0.2) is 0 Å². The largest absolute Gasteiger partial charge is 0.497 e. The highest BCUT2D eigenvalue weighted by Gasteiger charge is 2.07. The summed E-state index contributed by atoms with van der Waals surface area (Å²) in [6.07, 6.45) is 0. The molecule has 0 aliphatic heterocycles. The van der Waals surface area contributed by atoms with Gasteiger partial charge in [-0.25, -0.2) is 0 Å². The zero-order valence-corrected chi connectivity index (χ0v) is 12.9. The van der Waals surface area contributed by atoms with Gasteiger partial charge in [0.25, 0.3) is 0 Å². The van der Waals surface area contributed by atoms with Gasteiger partial charge in [-0.2, -0.15) is 0 Å². The van der Waals surface area contributed by atoms with Gasteiger partial charge >= 0.3 is 0 Å². The van der Waals surface area contributed by atoms with Crippen LogP contribution in [0, 0.1) is 5.41 Å². The van der Waals surface area contributed by atoms with Crippen molar-refractivity contribution in [2.75, 3.05) is 14.2 Å². The lowest BCUT2D eigenvalue weighted by molar-refractivity contribution is 0.413. The second kappa shape index (κ2) is 7.04. The highest BCUT2D eigenvalue weighted by Crippen LogP contribution is 2.27. The van der Waals surface area contributed by atoms with Gasteiger partial charge in [0.05, 0.1) is 19.8 Å². The molecule has 2 aromatic rings. The molecule has 5 heteroatoms. The van der Waals surface area contributed by atoms with Gasteiger partial charge in [0.1, 0.15) is 17.3 Å². The Morgan fingerprint density at radius 1 is 1.10 bits per heavy atom. The molecule has 0 saturated carbocycles. The van der Waals surface area contributed by atoms with Crippen molar-refractivity contribution in [3.8, 4) is 11.5 Å². The molecule has 0 aromatic heterocycles. The summed E-state index contributed by atoms with van der Waals surface area (Å²) in [5.74, 6) is 2.29. The number of amidine groups is 1. The van der Waals surface area contributed by atoms with Crippen molar-refractivity contribution < 1.29 is 9.47 Å². The molecule has 0 radical (unpaired) electrons. The Hall–Kier alpha value is -2.14. The van der Waals surface area contributed by atoms with E-state index in [0.29, 0.717) is 11.3 Å². The average molecular weight is 302 g/mol. The van der Waals surface area contributed by atoms with Crippen LogP contribution in [-0.4, -0.2) is 20.1 Å². The number of benzene rings is 2. The number of thioether (sulfide) groups is 1. The Kier molecular flexibility index (Phi) is 5.11. The molecule has 0 atom stereocenters. The van der Waals surface area contributed by atoms with E-state index in [1.165, 1.54) is 0 Å². The lowest BCUT2D eigenvalue weighted by Crippen LogP contribution is -2.12. The van der Waals surface area contributed by atoms with Crippen molar-refractivity contribution in [3.05, 3.63) is 53.6 Å². The van der Waals surface area contributed by atoms with Crippen LogP contribution in [0.3, 0.4) is 0 Å². The number of nitrogens with two attached hydrogens (primary N) is 1. The second-order valence-electron chi connectivity index (χ2n) is 4.41. The van der Waals surface area contributed by atoms with E-state index in [1.54, 1.807) is 26.0 Å². The molecule has 4 nitrogen and oxygen atoms in total. The Morgan fingerprint density at radius 2 is 1.81 bits per heavy atom. The van der Waals surface area contributed by atoms with Crippen molar-refractivity contribution in [3.63, 3.8) is 0 Å². The first-order chi connectivity index (χ1) is 10.1. The molecule has 0 spiro atoms. The molecule has 0 fully saturated rings. The molecule has 0 heterocycles. The van der Waals surface area contributed by atoms with Crippen LogP contribution in [0.2, 0.25) is 0 Å². The van der Waals surface area contributed by atoms with E-state index >= 15 is 0 Å². The third-order valence-corrected chi connectivity index (χ3v) is 4.10. The number of rotatable bonds is 6. The van der Waals surface area contributed by atoms with Crippen molar-refractivity contribution in [1.29, 1.82) is 5.41 Å². The summed E-state index contributed by atoms with van der Waals surface area (Å²) in [6, 6.07) is 13.7. The number of hydrogen-bond acceptors (Lipinski definition) is 4. The highest BCUT2D eigenvalue weighted by atomic mass is 32.2. The van der Waals surface area contributed by atoms with E-state index < -0.39 is 0 Å². The first-order valence-corrected chi connectivity index (χ1v) is 7.40. The summed E-state index contributed by atoms with van der Waals surface area (Å²) < 4.78 is 10.3. The number of nitrogens with one attached hydrogen (secondary N) is 1. The molecule has 2 rings (SSSR count). The predicted octanol–water partition coefficient (Wildman–Crippen LogP) is 3.28. The predicted molar refractivity (Wildman–Crippen MR) is 86.6 cm³/mol. The summed E-state index contributed by atoms with van der Waals surface area (Å²) in [7, 11) is 3.23. The maximum absolute atomic E-state index is 7.59. The molecule has 0 saturated heterocycles. The Bertz CT molecular complexity index is 627. The van der Waals surface area contributed by atoms with Crippen molar-refractivity contribution in [2.24, 2.45) is 5.73 Å². The topological polar surface area (TPSA) is 68.3 Å². The van der Waals surface area contributed by atoms with Gasteiger partial charge in [-0.1, -0.05) is 6.07 Å². The smallest absolute Gasteiger partial charge is 0.129 e. The van der Waals surface area contributed by atoms with Crippen molar-refractivity contribution in [2.45, 2.75) is 10.6 Å². The molecular weight excluding hydrogens is 284 g/mol. The number of hydrogen-bond donors (Lipinski definition) is 2. The standard InChI is InChI=1S/C16H18N2O2S/c1-19-12-4-6-13(7-5-12)21-10-11-3-8-15(20-2)14(9-11)16(17)18/h3-9H,10H2,1-2H3,(H3,17,18). The third-order valence-electron chi connectivity index (χ3n) is 3.02. The lowest BCUT2D eigenvalue weighted by Gasteiger charge is -2.09. The number of ether oxygens (including phenoxy) is 2. The Labute approximate surface area is 128 Å². The maximum Gasteiger partial charge on any atom is 0.129 e. The fraction of sp³-hybridized carbons (Fsp3) is 0.188. The van der Waals surface area contributed by atoms with Gasteiger partial charge in [0.2, 0.25) is 0 Å². The quantitative estimate of drug-likeness (QED) is 0.488. The molecule has 0 unspecified atom stereocenters. The fourth-order valence-corrected chi connectivity index (χ4v) is 2.74. The normalized spacial score (nSPS) is 10.2.